The monoisotopic (exact) mass is 295 g/mol. The van der Waals surface area contributed by atoms with Gasteiger partial charge in [0.15, 0.2) is 0 Å². The zero-order valence-electron chi connectivity index (χ0n) is 11.2. The molecule has 1 N–H and O–H groups in total. The molecule has 2 aliphatic rings. The molecule has 1 aromatic carbocycles. The predicted octanol–water partition coefficient (Wildman–Crippen LogP) is 2.50. The normalized spacial score (nSPS) is 26.4. The first-order valence-electron chi connectivity index (χ1n) is 6.99. The van der Waals surface area contributed by atoms with Crippen molar-refractivity contribution in [2.45, 2.75) is 31.4 Å². The summed E-state index contributed by atoms with van der Waals surface area (Å²) >= 11 is 6.04. The van der Waals surface area contributed by atoms with Crippen molar-refractivity contribution in [1.29, 1.82) is 0 Å². The minimum absolute atomic E-state index is 0.0801. The largest absolute Gasteiger partial charge is 0.481 e. The van der Waals surface area contributed by atoms with Crippen LogP contribution in [0.15, 0.2) is 18.2 Å². The number of carboxylic acid groups (broad SMARTS) is 1. The molecule has 4 nitrogen and oxygen atoms in total. The molecule has 1 aliphatic carbocycles. The lowest BCUT2D eigenvalue weighted by molar-refractivity contribution is -0.142. The molecule has 20 heavy (non-hydrogen) atoms. The summed E-state index contributed by atoms with van der Waals surface area (Å²) in [6, 6.07) is 6.47. The van der Waals surface area contributed by atoms with Gasteiger partial charge in [-0.25, -0.2) is 0 Å². The number of halogens is 1. The van der Waals surface area contributed by atoms with Crippen molar-refractivity contribution in [3.05, 3.63) is 34.3 Å². The summed E-state index contributed by atoms with van der Waals surface area (Å²) in [5.41, 5.74) is 2.66. The zero-order chi connectivity index (χ0) is 14.1. The van der Waals surface area contributed by atoms with Crippen LogP contribution in [0.1, 0.15) is 30.0 Å². The fourth-order valence-electron chi connectivity index (χ4n) is 3.29. The van der Waals surface area contributed by atoms with Gasteiger partial charge in [0.05, 0.1) is 19.1 Å². The molecule has 1 saturated heterocycles. The Hall–Kier alpha value is -1.10. The van der Waals surface area contributed by atoms with E-state index < -0.39 is 5.97 Å². The maximum absolute atomic E-state index is 10.8. The second-order valence-electron chi connectivity index (χ2n) is 5.48. The van der Waals surface area contributed by atoms with E-state index in [2.05, 4.69) is 11.0 Å². The number of benzene rings is 1. The molecule has 0 amide bonds. The number of nitrogens with zero attached hydrogens (tertiary/aromatic N) is 1. The Bertz CT molecular complexity index is 520. The van der Waals surface area contributed by atoms with Gasteiger partial charge in [-0.3, -0.25) is 9.69 Å². The van der Waals surface area contributed by atoms with E-state index in [1.165, 1.54) is 11.1 Å². The highest BCUT2D eigenvalue weighted by Crippen LogP contribution is 2.37. The summed E-state index contributed by atoms with van der Waals surface area (Å²) in [6.07, 6.45) is 2.01. The molecule has 0 radical (unpaired) electrons. The van der Waals surface area contributed by atoms with Crippen LogP contribution in [0, 0.1) is 0 Å². The van der Waals surface area contributed by atoms with E-state index in [0.29, 0.717) is 19.2 Å². The van der Waals surface area contributed by atoms with Crippen LogP contribution in [0.2, 0.25) is 5.02 Å². The molecule has 0 spiro atoms. The summed E-state index contributed by atoms with van der Waals surface area (Å²) in [5.74, 6) is -0.796. The molecule has 3 rings (SSSR count). The standard InChI is InChI=1S/C15H18ClNO3/c16-11-2-3-13-10(7-11)1-4-14(13)17-5-6-20-12(9-17)8-15(18)19/h2-3,7,12,14H,1,4-6,8-9H2,(H,18,19). The first kappa shape index (κ1) is 13.9. The van der Waals surface area contributed by atoms with E-state index in [1.807, 2.05) is 12.1 Å². The summed E-state index contributed by atoms with van der Waals surface area (Å²) in [7, 11) is 0. The number of ether oxygens (including phenoxy) is 1. The van der Waals surface area contributed by atoms with Crippen molar-refractivity contribution in [2.24, 2.45) is 0 Å². The molecular formula is C15H18ClNO3. The highest BCUT2D eigenvalue weighted by atomic mass is 35.5. The number of carbonyl (C=O) groups is 1. The molecular weight excluding hydrogens is 278 g/mol. The predicted molar refractivity (Wildman–Crippen MR) is 76.1 cm³/mol. The highest BCUT2D eigenvalue weighted by molar-refractivity contribution is 6.30. The highest BCUT2D eigenvalue weighted by Gasteiger charge is 2.32. The zero-order valence-corrected chi connectivity index (χ0v) is 12.0. The molecule has 2 atom stereocenters. The second-order valence-corrected chi connectivity index (χ2v) is 5.92. The molecule has 1 heterocycles. The Balaban J connectivity index is 1.73. The summed E-state index contributed by atoms with van der Waals surface area (Å²) in [6.45, 7) is 2.17. The average Bonchev–Trinajstić information content (AvgIpc) is 2.81. The quantitative estimate of drug-likeness (QED) is 0.931. The molecule has 0 aromatic heterocycles. The number of aliphatic carboxylic acids is 1. The first-order chi connectivity index (χ1) is 9.63. The van der Waals surface area contributed by atoms with E-state index in [1.54, 1.807) is 0 Å². The lowest BCUT2D eigenvalue weighted by atomic mass is 10.1. The van der Waals surface area contributed by atoms with Crippen LogP contribution in [0.25, 0.3) is 0 Å². The van der Waals surface area contributed by atoms with Crippen LogP contribution in [0.3, 0.4) is 0 Å². The third-order valence-corrected chi connectivity index (χ3v) is 4.40. The second kappa shape index (κ2) is 5.72. The Morgan fingerprint density at radius 3 is 3.15 bits per heavy atom. The van der Waals surface area contributed by atoms with Gasteiger partial charge in [0.1, 0.15) is 0 Å². The van der Waals surface area contributed by atoms with Gasteiger partial charge in [-0.1, -0.05) is 17.7 Å². The van der Waals surface area contributed by atoms with Crippen molar-refractivity contribution < 1.29 is 14.6 Å². The maximum atomic E-state index is 10.8. The van der Waals surface area contributed by atoms with Gasteiger partial charge >= 0.3 is 5.97 Å². The summed E-state index contributed by atoms with van der Waals surface area (Å²) in [4.78, 5) is 13.2. The lowest BCUT2D eigenvalue weighted by Gasteiger charge is -2.36. The van der Waals surface area contributed by atoms with Crippen LogP contribution in [-0.2, 0) is 16.0 Å². The SMILES string of the molecule is O=C(O)CC1CN(C2CCc3cc(Cl)ccc32)CCO1. The average molecular weight is 296 g/mol. The minimum atomic E-state index is -0.796. The summed E-state index contributed by atoms with van der Waals surface area (Å²) < 4.78 is 5.54. The van der Waals surface area contributed by atoms with Crippen molar-refractivity contribution in [1.82, 2.24) is 4.90 Å². The van der Waals surface area contributed by atoms with Crippen LogP contribution < -0.4 is 0 Å². The first-order valence-corrected chi connectivity index (χ1v) is 7.37. The van der Waals surface area contributed by atoms with Crippen LogP contribution in [0.5, 0.6) is 0 Å². The minimum Gasteiger partial charge on any atom is -0.481 e. The number of morpholine rings is 1. The number of fused-ring (bicyclic) bond motifs is 1. The fraction of sp³-hybridized carbons (Fsp3) is 0.533. The molecule has 0 bridgehead atoms. The van der Waals surface area contributed by atoms with Crippen LogP contribution in [0.4, 0.5) is 0 Å². The third kappa shape index (κ3) is 2.82. The molecule has 2 unspecified atom stereocenters. The van der Waals surface area contributed by atoms with Gasteiger partial charge in [-0.15, -0.1) is 0 Å². The Morgan fingerprint density at radius 1 is 1.50 bits per heavy atom. The lowest BCUT2D eigenvalue weighted by Crippen LogP contribution is -2.44. The Morgan fingerprint density at radius 2 is 2.35 bits per heavy atom. The Kier molecular flexibility index (Phi) is 3.96. The molecule has 1 fully saturated rings. The van der Waals surface area contributed by atoms with Crippen molar-refractivity contribution in [3.63, 3.8) is 0 Å². The van der Waals surface area contributed by atoms with Gasteiger partial charge in [0.25, 0.3) is 0 Å². The maximum Gasteiger partial charge on any atom is 0.306 e. The number of rotatable bonds is 3. The number of hydrogen-bond acceptors (Lipinski definition) is 3. The fourth-order valence-corrected chi connectivity index (χ4v) is 3.48. The van der Waals surface area contributed by atoms with Crippen LogP contribution in [-0.4, -0.2) is 41.8 Å². The van der Waals surface area contributed by atoms with Gasteiger partial charge in [-0.2, -0.15) is 0 Å². The van der Waals surface area contributed by atoms with Crippen molar-refractivity contribution in [3.8, 4) is 0 Å². The van der Waals surface area contributed by atoms with E-state index in [0.717, 1.165) is 24.4 Å². The van der Waals surface area contributed by atoms with E-state index in [-0.39, 0.29) is 12.5 Å². The van der Waals surface area contributed by atoms with Crippen molar-refractivity contribution in [2.75, 3.05) is 19.7 Å². The van der Waals surface area contributed by atoms with E-state index >= 15 is 0 Å². The van der Waals surface area contributed by atoms with Gasteiger partial charge in [-0.05, 0) is 36.1 Å². The smallest absolute Gasteiger partial charge is 0.306 e. The topological polar surface area (TPSA) is 49.8 Å². The number of carboxylic acids is 1. The molecule has 1 aliphatic heterocycles. The van der Waals surface area contributed by atoms with Gasteiger partial charge < -0.3 is 9.84 Å². The molecule has 5 heteroatoms. The van der Waals surface area contributed by atoms with Gasteiger partial charge in [0.2, 0.25) is 0 Å². The number of aryl methyl sites for hydroxylation is 1. The Labute approximate surface area is 123 Å². The molecule has 1 aromatic rings. The van der Waals surface area contributed by atoms with Gasteiger partial charge in [0, 0.05) is 24.2 Å². The van der Waals surface area contributed by atoms with Crippen LogP contribution >= 0.6 is 11.6 Å². The third-order valence-electron chi connectivity index (χ3n) is 4.16. The van der Waals surface area contributed by atoms with E-state index in [4.69, 9.17) is 21.4 Å². The molecule has 108 valence electrons. The molecule has 0 saturated carbocycles. The summed E-state index contributed by atoms with van der Waals surface area (Å²) in [5, 5.41) is 9.68. The van der Waals surface area contributed by atoms with E-state index in [9.17, 15) is 4.79 Å². The number of hydrogen-bond donors (Lipinski definition) is 1. The van der Waals surface area contributed by atoms with Crippen molar-refractivity contribution >= 4 is 17.6 Å².